The summed E-state index contributed by atoms with van der Waals surface area (Å²) in [6, 6.07) is 0. The maximum absolute atomic E-state index is 8.56. The maximum atomic E-state index is 8.56. The lowest BCUT2D eigenvalue weighted by Gasteiger charge is -2.00. The molecule has 0 rings (SSSR count). The van der Waals surface area contributed by atoms with E-state index in [0.29, 0.717) is 0 Å². The fourth-order valence-corrected chi connectivity index (χ4v) is 0.603. The van der Waals surface area contributed by atoms with Crippen molar-refractivity contribution >= 4 is 0 Å². The van der Waals surface area contributed by atoms with Crippen LogP contribution in [0.2, 0.25) is 0 Å². The van der Waals surface area contributed by atoms with E-state index in [1.165, 1.54) is 12.8 Å². The fraction of sp³-hybridized carbons (Fsp3) is 1.00. The van der Waals surface area contributed by atoms with E-state index in [9.17, 15) is 0 Å². The van der Waals surface area contributed by atoms with Gasteiger partial charge in [0, 0.05) is 0 Å². The highest BCUT2D eigenvalue weighted by Gasteiger charge is 1.92. The zero-order valence-corrected chi connectivity index (χ0v) is 5.43. The molecule has 0 aromatic heterocycles. The Morgan fingerprint density at radius 1 is 1.50 bits per heavy atom. The Bertz CT molecular complexity index is 45.8. The molecule has 0 saturated carbocycles. The molecule has 3 N–H and O–H groups in total. The quantitative estimate of drug-likeness (QED) is 0.423. The summed E-state index contributed by atoms with van der Waals surface area (Å²) in [5.74, 6) is 0. The molecule has 1 unspecified atom stereocenters. The van der Waals surface area contributed by atoms with E-state index in [1.54, 1.807) is 0 Å². The Morgan fingerprint density at radius 2 is 2.12 bits per heavy atom. The topological polar surface area (TPSA) is 46.2 Å². The van der Waals surface area contributed by atoms with Crippen LogP contribution in [-0.4, -0.2) is 11.3 Å². The number of hydrogen-bond acceptors (Lipinski definition) is 2. The first-order valence-corrected chi connectivity index (χ1v) is 3.21. The minimum Gasteiger partial charge on any atom is -0.379 e. The molecular weight excluding hydrogens is 102 g/mol. The molecule has 8 heavy (non-hydrogen) atoms. The largest absolute Gasteiger partial charge is 0.379 e. The first-order chi connectivity index (χ1) is 3.77. The third kappa shape index (κ3) is 5.92. The van der Waals surface area contributed by atoms with Gasteiger partial charge in [-0.3, -0.25) is 0 Å². The van der Waals surface area contributed by atoms with E-state index in [-0.39, 0.29) is 0 Å². The van der Waals surface area contributed by atoms with Crippen molar-refractivity contribution in [2.75, 3.05) is 0 Å². The van der Waals surface area contributed by atoms with Gasteiger partial charge in [0.15, 0.2) is 0 Å². The number of aliphatic hydroxyl groups is 1. The van der Waals surface area contributed by atoms with Gasteiger partial charge in [-0.25, -0.2) is 0 Å². The Morgan fingerprint density at radius 3 is 2.50 bits per heavy atom. The van der Waals surface area contributed by atoms with Gasteiger partial charge in [-0.05, 0) is 12.8 Å². The van der Waals surface area contributed by atoms with Crippen molar-refractivity contribution in [3.8, 4) is 0 Å². The van der Waals surface area contributed by atoms with Gasteiger partial charge in [-0.2, -0.15) is 0 Å². The summed E-state index contributed by atoms with van der Waals surface area (Å²) in [5.41, 5.74) is 5.09. The lowest BCUT2D eigenvalue weighted by atomic mass is 10.2. The van der Waals surface area contributed by atoms with Crippen molar-refractivity contribution in [1.82, 2.24) is 0 Å². The average Bonchev–Trinajstić information content (AvgIpc) is 1.66. The molecule has 0 aromatic rings. The summed E-state index contributed by atoms with van der Waals surface area (Å²) >= 11 is 0. The molecule has 1 atom stereocenters. The molecule has 0 heterocycles. The molecule has 0 saturated heterocycles. The maximum Gasteiger partial charge on any atom is 0.102 e. The van der Waals surface area contributed by atoms with Gasteiger partial charge in [-0.1, -0.05) is 19.8 Å². The number of nitrogens with two attached hydrogens (primary N) is 1. The van der Waals surface area contributed by atoms with Crippen molar-refractivity contribution < 1.29 is 5.11 Å². The highest BCUT2D eigenvalue weighted by Crippen LogP contribution is 1.98. The third-order valence-electron chi connectivity index (χ3n) is 1.10. The van der Waals surface area contributed by atoms with Crippen LogP contribution in [0.3, 0.4) is 0 Å². The highest BCUT2D eigenvalue weighted by atomic mass is 16.3. The molecule has 0 bridgehead atoms. The molecule has 2 heteroatoms. The molecule has 0 amide bonds. The average molecular weight is 117 g/mol. The smallest absolute Gasteiger partial charge is 0.102 e. The predicted molar refractivity (Wildman–Crippen MR) is 34.3 cm³/mol. The van der Waals surface area contributed by atoms with Crippen LogP contribution in [0, 0.1) is 0 Å². The van der Waals surface area contributed by atoms with Crippen molar-refractivity contribution in [1.29, 1.82) is 0 Å². The van der Waals surface area contributed by atoms with Crippen LogP contribution < -0.4 is 5.73 Å². The van der Waals surface area contributed by atoms with Gasteiger partial charge >= 0.3 is 0 Å². The SMILES string of the molecule is CCCCCC(N)O. The molecule has 0 aliphatic carbocycles. The lowest BCUT2D eigenvalue weighted by Crippen LogP contribution is -2.17. The first kappa shape index (κ1) is 7.92. The van der Waals surface area contributed by atoms with Crippen LogP contribution in [0.5, 0.6) is 0 Å². The second kappa shape index (κ2) is 5.06. The van der Waals surface area contributed by atoms with Gasteiger partial charge in [0.2, 0.25) is 0 Å². The van der Waals surface area contributed by atoms with Crippen molar-refractivity contribution in [3.05, 3.63) is 0 Å². The number of hydrogen-bond donors (Lipinski definition) is 2. The number of aliphatic hydroxyl groups excluding tert-OH is 1. The van der Waals surface area contributed by atoms with Crippen molar-refractivity contribution in [2.24, 2.45) is 5.73 Å². The summed E-state index contributed by atoms with van der Waals surface area (Å²) in [5, 5.41) is 8.56. The molecule has 0 radical (unpaired) electrons. The predicted octanol–water partition coefficient (Wildman–Crippen LogP) is 0.844. The van der Waals surface area contributed by atoms with E-state index in [4.69, 9.17) is 10.8 Å². The summed E-state index contributed by atoms with van der Waals surface area (Å²) in [6.45, 7) is 2.13. The summed E-state index contributed by atoms with van der Waals surface area (Å²) in [7, 11) is 0. The van der Waals surface area contributed by atoms with E-state index < -0.39 is 6.23 Å². The molecule has 0 aliphatic rings. The lowest BCUT2D eigenvalue weighted by molar-refractivity contribution is 0.168. The van der Waals surface area contributed by atoms with E-state index in [1.807, 2.05) is 0 Å². The fourth-order valence-electron chi connectivity index (χ4n) is 0.603. The van der Waals surface area contributed by atoms with Crippen LogP contribution in [0.15, 0.2) is 0 Å². The van der Waals surface area contributed by atoms with Crippen LogP contribution in [0.25, 0.3) is 0 Å². The number of unbranched alkanes of at least 4 members (excludes halogenated alkanes) is 2. The van der Waals surface area contributed by atoms with Gasteiger partial charge in [0.1, 0.15) is 6.23 Å². The minimum atomic E-state index is -0.596. The Kier molecular flexibility index (Phi) is 5.01. The molecule has 0 aliphatic heterocycles. The second-order valence-corrected chi connectivity index (χ2v) is 2.06. The molecule has 0 spiro atoms. The monoisotopic (exact) mass is 117 g/mol. The molecule has 0 aromatic carbocycles. The second-order valence-electron chi connectivity index (χ2n) is 2.06. The van der Waals surface area contributed by atoms with E-state index in [0.717, 1.165) is 12.8 Å². The zero-order valence-electron chi connectivity index (χ0n) is 5.43. The van der Waals surface area contributed by atoms with Crippen LogP contribution >= 0.6 is 0 Å². The Balaban J connectivity index is 2.72. The molecule has 2 nitrogen and oxygen atoms in total. The van der Waals surface area contributed by atoms with Gasteiger partial charge in [0.25, 0.3) is 0 Å². The molecule has 50 valence electrons. The highest BCUT2D eigenvalue weighted by molar-refractivity contribution is 4.44. The van der Waals surface area contributed by atoms with Crippen molar-refractivity contribution in [2.45, 2.75) is 38.8 Å². The Hall–Kier alpha value is -0.0800. The first-order valence-electron chi connectivity index (χ1n) is 3.21. The van der Waals surface area contributed by atoms with Crippen LogP contribution in [0.4, 0.5) is 0 Å². The van der Waals surface area contributed by atoms with Crippen LogP contribution in [0.1, 0.15) is 32.6 Å². The standard InChI is InChI=1S/C6H15NO/c1-2-3-4-5-6(7)8/h6,8H,2-5,7H2,1H3. The molecular formula is C6H15NO. The van der Waals surface area contributed by atoms with Gasteiger partial charge in [0.05, 0.1) is 0 Å². The van der Waals surface area contributed by atoms with E-state index >= 15 is 0 Å². The normalized spacial score (nSPS) is 13.9. The van der Waals surface area contributed by atoms with Crippen LogP contribution in [-0.2, 0) is 0 Å². The Labute approximate surface area is 50.7 Å². The minimum absolute atomic E-state index is 0.596. The summed E-state index contributed by atoms with van der Waals surface area (Å²) < 4.78 is 0. The van der Waals surface area contributed by atoms with E-state index in [2.05, 4.69) is 6.92 Å². The summed E-state index contributed by atoms with van der Waals surface area (Å²) in [6.07, 6.45) is 3.56. The number of rotatable bonds is 4. The molecule has 0 fully saturated rings. The third-order valence-corrected chi connectivity index (χ3v) is 1.10. The van der Waals surface area contributed by atoms with Gasteiger partial charge < -0.3 is 10.8 Å². The summed E-state index contributed by atoms with van der Waals surface area (Å²) in [4.78, 5) is 0. The van der Waals surface area contributed by atoms with Crippen molar-refractivity contribution in [3.63, 3.8) is 0 Å². The van der Waals surface area contributed by atoms with Gasteiger partial charge in [-0.15, -0.1) is 0 Å². The zero-order chi connectivity index (χ0) is 6.41.